The van der Waals surface area contributed by atoms with Crippen molar-refractivity contribution in [1.29, 1.82) is 0 Å². The Bertz CT molecular complexity index is 434. The molecule has 2 saturated heterocycles. The number of nitrogens with one attached hydrogen (secondary N) is 1. The second kappa shape index (κ2) is 4.07. The number of rotatable bonds is 2. The van der Waals surface area contributed by atoms with Gasteiger partial charge in [0.15, 0.2) is 5.15 Å². The Balaban J connectivity index is 1.72. The summed E-state index contributed by atoms with van der Waals surface area (Å²) in [5.74, 6) is 0.568. The highest BCUT2D eigenvalue weighted by Gasteiger charge is 2.49. The summed E-state index contributed by atoms with van der Waals surface area (Å²) < 4.78 is 5.95. The molecule has 2 fully saturated rings. The molecule has 18 heavy (non-hydrogen) atoms. The van der Waals surface area contributed by atoms with Gasteiger partial charge in [-0.15, -0.1) is 10.2 Å². The van der Waals surface area contributed by atoms with Crippen molar-refractivity contribution < 1.29 is 4.74 Å². The maximum absolute atomic E-state index is 5.95. The van der Waals surface area contributed by atoms with Gasteiger partial charge in [-0.25, -0.2) is 0 Å². The molecule has 0 unspecified atom stereocenters. The van der Waals surface area contributed by atoms with Crippen LogP contribution in [-0.2, 0) is 0 Å². The molecule has 3 heterocycles. The van der Waals surface area contributed by atoms with Crippen LogP contribution in [0.4, 0.5) is 0 Å². The Hall–Kier alpha value is -0.870. The number of hydrogen-bond donors (Lipinski definition) is 1. The minimum Gasteiger partial charge on any atom is -0.473 e. The maximum Gasteiger partial charge on any atom is 0.233 e. The molecule has 4 nitrogen and oxygen atoms in total. The second-order valence-corrected chi connectivity index (χ2v) is 6.48. The van der Waals surface area contributed by atoms with Crippen LogP contribution in [0.5, 0.6) is 5.88 Å². The minimum absolute atomic E-state index is 0.206. The summed E-state index contributed by atoms with van der Waals surface area (Å²) in [4.78, 5) is 0. The largest absolute Gasteiger partial charge is 0.473 e. The predicted octanol–water partition coefficient (Wildman–Crippen LogP) is 2.57. The van der Waals surface area contributed by atoms with Crippen molar-refractivity contribution in [2.45, 2.75) is 56.7 Å². The Morgan fingerprint density at radius 1 is 1.22 bits per heavy atom. The van der Waals surface area contributed by atoms with Crippen LogP contribution in [-0.4, -0.2) is 27.4 Å². The average molecular weight is 268 g/mol. The van der Waals surface area contributed by atoms with Crippen LogP contribution in [0, 0.1) is 0 Å². The maximum atomic E-state index is 5.95. The lowest BCUT2D eigenvalue weighted by Gasteiger charge is -2.41. The van der Waals surface area contributed by atoms with Crippen LogP contribution in [0.1, 0.15) is 39.5 Å². The van der Waals surface area contributed by atoms with Gasteiger partial charge in [-0.3, -0.25) is 0 Å². The fourth-order valence-corrected chi connectivity index (χ4v) is 3.51. The van der Waals surface area contributed by atoms with E-state index in [0.717, 1.165) is 12.8 Å². The third-order valence-corrected chi connectivity index (χ3v) is 4.29. The molecule has 0 saturated carbocycles. The van der Waals surface area contributed by atoms with Crippen molar-refractivity contribution in [3.05, 3.63) is 17.3 Å². The summed E-state index contributed by atoms with van der Waals surface area (Å²) in [6.07, 6.45) is 4.68. The Morgan fingerprint density at radius 2 is 1.89 bits per heavy atom. The van der Waals surface area contributed by atoms with E-state index in [1.165, 1.54) is 12.8 Å². The van der Waals surface area contributed by atoms with Gasteiger partial charge in [-0.2, -0.15) is 0 Å². The van der Waals surface area contributed by atoms with Crippen LogP contribution in [0.2, 0.25) is 5.15 Å². The minimum atomic E-state index is 0.206. The van der Waals surface area contributed by atoms with Crippen LogP contribution < -0.4 is 10.1 Å². The number of fused-ring (bicyclic) bond motifs is 2. The summed E-state index contributed by atoms with van der Waals surface area (Å²) in [7, 11) is 0. The van der Waals surface area contributed by atoms with E-state index in [2.05, 4.69) is 29.4 Å². The summed E-state index contributed by atoms with van der Waals surface area (Å²) in [5, 5.41) is 11.9. The fourth-order valence-electron chi connectivity index (χ4n) is 3.41. The smallest absolute Gasteiger partial charge is 0.233 e. The van der Waals surface area contributed by atoms with Gasteiger partial charge in [0.1, 0.15) is 6.10 Å². The van der Waals surface area contributed by atoms with E-state index in [1.807, 2.05) is 0 Å². The van der Waals surface area contributed by atoms with Crippen molar-refractivity contribution in [2.75, 3.05) is 0 Å². The molecule has 1 N–H and O–H groups in total. The number of piperidine rings is 1. The van der Waals surface area contributed by atoms with Gasteiger partial charge < -0.3 is 10.1 Å². The van der Waals surface area contributed by atoms with Gasteiger partial charge in [0.2, 0.25) is 5.88 Å². The lowest BCUT2D eigenvalue weighted by molar-refractivity contribution is 0.0753. The van der Waals surface area contributed by atoms with Gasteiger partial charge in [0, 0.05) is 30.0 Å². The van der Waals surface area contributed by atoms with Crippen LogP contribution >= 0.6 is 11.6 Å². The van der Waals surface area contributed by atoms with E-state index in [-0.39, 0.29) is 17.2 Å². The van der Waals surface area contributed by atoms with Crippen molar-refractivity contribution in [3.8, 4) is 5.88 Å². The van der Waals surface area contributed by atoms with E-state index < -0.39 is 0 Å². The molecular formula is C13H18ClN3O. The Kier molecular flexibility index (Phi) is 2.75. The number of ether oxygens (including phenoxy) is 1. The highest BCUT2D eigenvalue weighted by molar-refractivity contribution is 6.29. The van der Waals surface area contributed by atoms with Crippen molar-refractivity contribution >= 4 is 11.6 Å². The lowest BCUT2D eigenvalue weighted by atomic mass is 9.86. The molecule has 3 rings (SSSR count). The first-order chi connectivity index (χ1) is 8.46. The third kappa shape index (κ3) is 2.31. The molecule has 1 aromatic rings. The first kappa shape index (κ1) is 12.2. The number of hydrogen-bond acceptors (Lipinski definition) is 4. The van der Waals surface area contributed by atoms with Gasteiger partial charge >= 0.3 is 0 Å². The van der Waals surface area contributed by atoms with Gasteiger partial charge in [0.05, 0.1) is 0 Å². The van der Waals surface area contributed by atoms with Crippen LogP contribution in [0.15, 0.2) is 12.1 Å². The van der Waals surface area contributed by atoms with E-state index in [0.29, 0.717) is 11.0 Å². The van der Waals surface area contributed by atoms with E-state index >= 15 is 0 Å². The monoisotopic (exact) mass is 267 g/mol. The summed E-state index contributed by atoms with van der Waals surface area (Å²) in [6, 6.07) is 3.49. The molecule has 0 aromatic carbocycles. The molecule has 98 valence electrons. The van der Waals surface area contributed by atoms with Gasteiger partial charge in [-0.05, 0) is 32.8 Å². The zero-order chi connectivity index (χ0) is 12.8. The molecule has 0 aliphatic carbocycles. The highest BCUT2D eigenvalue weighted by atomic mass is 35.5. The summed E-state index contributed by atoms with van der Waals surface area (Å²) in [5.41, 5.74) is 0.412. The van der Waals surface area contributed by atoms with Crippen LogP contribution in [0.25, 0.3) is 0 Å². The normalized spacial score (nSPS) is 38.7. The van der Waals surface area contributed by atoms with E-state index in [4.69, 9.17) is 16.3 Å². The standard InChI is InChI=1S/C13H18ClN3O/c1-12-5-6-13(2,17-12)8-9(7-12)18-11-4-3-10(14)15-16-11/h3-4,9,17H,5-8H2,1-2H3/t9-,12-,13+. The van der Waals surface area contributed by atoms with Gasteiger partial charge in [0.25, 0.3) is 0 Å². The molecule has 2 bridgehead atoms. The topological polar surface area (TPSA) is 47.0 Å². The number of halogens is 1. The average Bonchev–Trinajstić information content (AvgIpc) is 2.51. The van der Waals surface area contributed by atoms with Crippen molar-refractivity contribution in [2.24, 2.45) is 0 Å². The highest BCUT2D eigenvalue weighted by Crippen LogP contribution is 2.42. The molecule has 3 atom stereocenters. The van der Waals surface area contributed by atoms with E-state index in [9.17, 15) is 0 Å². The first-order valence-corrected chi connectivity index (χ1v) is 6.80. The van der Waals surface area contributed by atoms with Crippen molar-refractivity contribution in [1.82, 2.24) is 15.5 Å². The number of aromatic nitrogens is 2. The molecule has 1 aromatic heterocycles. The Labute approximate surface area is 112 Å². The zero-order valence-electron chi connectivity index (χ0n) is 10.7. The molecule has 2 aliphatic heterocycles. The quantitative estimate of drug-likeness (QED) is 0.895. The SMILES string of the molecule is C[C@]12CC[C@](C)(C[C@@H](Oc3ccc(Cl)nn3)C1)N2. The molecule has 0 radical (unpaired) electrons. The zero-order valence-corrected chi connectivity index (χ0v) is 11.5. The lowest BCUT2D eigenvalue weighted by Crippen LogP contribution is -2.56. The molecule has 0 amide bonds. The third-order valence-electron chi connectivity index (χ3n) is 4.08. The molecule has 0 spiro atoms. The van der Waals surface area contributed by atoms with Gasteiger partial charge in [-0.1, -0.05) is 11.6 Å². The van der Waals surface area contributed by atoms with Crippen LogP contribution in [0.3, 0.4) is 0 Å². The molecule has 5 heteroatoms. The summed E-state index contributed by atoms with van der Waals surface area (Å²) >= 11 is 5.72. The summed E-state index contributed by atoms with van der Waals surface area (Å²) in [6.45, 7) is 4.56. The molecular weight excluding hydrogens is 250 g/mol. The van der Waals surface area contributed by atoms with E-state index in [1.54, 1.807) is 12.1 Å². The Morgan fingerprint density at radius 3 is 2.44 bits per heavy atom. The molecule has 2 aliphatic rings. The second-order valence-electron chi connectivity index (χ2n) is 6.09. The number of nitrogens with zero attached hydrogens (tertiary/aromatic N) is 2. The fraction of sp³-hybridized carbons (Fsp3) is 0.692. The predicted molar refractivity (Wildman–Crippen MR) is 69.9 cm³/mol. The first-order valence-electron chi connectivity index (χ1n) is 6.42. The van der Waals surface area contributed by atoms with Crippen molar-refractivity contribution in [3.63, 3.8) is 0 Å².